The summed E-state index contributed by atoms with van der Waals surface area (Å²) in [5.41, 5.74) is 1.36. The van der Waals surface area contributed by atoms with Gasteiger partial charge in [0, 0.05) is 18.9 Å². The normalized spacial score (nSPS) is 18.9. The molecule has 1 aromatic heterocycles. The lowest BCUT2D eigenvalue weighted by Gasteiger charge is -2.30. The average Bonchev–Trinajstić information content (AvgIpc) is 2.31. The summed E-state index contributed by atoms with van der Waals surface area (Å²) in [4.78, 5) is 6.54. The van der Waals surface area contributed by atoms with Crippen molar-refractivity contribution in [1.29, 1.82) is 0 Å². The molecule has 1 aliphatic rings. The van der Waals surface area contributed by atoms with Gasteiger partial charge in [0.2, 0.25) is 0 Å². The van der Waals surface area contributed by atoms with Crippen LogP contribution < -0.4 is 0 Å². The van der Waals surface area contributed by atoms with Gasteiger partial charge in [-0.25, -0.2) is 0 Å². The third kappa shape index (κ3) is 2.90. The molecule has 0 unspecified atom stereocenters. The summed E-state index contributed by atoms with van der Waals surface area (Å²) in [5.74, 6) is 0.735. The molecule has 0 spiro atoms. The second kappa shape index (κ2) is 5.08. The van der Waals surface area contributed by atoms with Gasteiger partial charge in [0.05, 0.1) is 0 Å². The van der Waals surface area contributed by atoms with E-state index in [0.29, 0.717) is 0 Å². The van der Waals surface area contributed by atoms with Crippen molar-refractivity contribution in [3.05, 3.63) is 42.7 Å². The topological polar surface area (TPSA) is 16.1 Å². The number of rotatable bonds is 3. The highest BCUT2D eigenvalue weighted by Crippen LogP contribution is 2.19. The van der Waals surface area contributed by atoms with E-state index in [1.807, 2.05) is 12.4 Å². The van der Waals surface area contributed by atoms with E-state index in [1.54, 1.807) is 0 Å². The Kier molecular flexibility index (Phi) is 3.51. The second-order valence-electron chi connectivity index (χ2n) is 4.20. The molecule has 1 saturated heterocycles. The predicted molar refractivity (Wildman–Crippen MR) is 62.4 cm³/mol. The molecule has 0 atom stereocenters. The van der Waals surface area contributed by atoms with E-state index >= 15 is 0 Å². The molecule has 0 aliphatic carbocycles. The standard InChI is InChI=1S/C13H18N2/c1-2-12-5-9-15(10-6-12)11-13-3-7-14-8-4-13/h2-4,7-8,12H,1,5-6,9-11H2. The van der Waals surface area contributed by atoms with Crippen molar-refractivity contribution in [3.63, 3.8) is 0 Å². The van der Waals surface area contributed by atoms with Gasteiger partial charge in [-0.2, -0.15) is 0 Å². The second-order valence-corrected chi connectivity index (χ2v) is 4.20. The molecule has 2 heterocycles. The van der Waals surface area contributed by atoms with Crippen LogP contribution in [0.15, 0.2) is 37.2 Å². The maximum atomic E-state index is 4.03. The zero-order valence-corrected chi connectivity index (χ0v) is 9.10. The number of likely N-dealkylation sites (tertiary alicyclic amines) is 1. The van der Waals surface area contributed by atoms with Crippen LogP contribution in [0.5, 0.6) is 0 Å². The largest absolute Gasteiger partial charge is 0.299 e. The third-order valence-electron chi connectivity index (χ3n) is 3.12. The van der Waals surface area contributed by atoms with Gasteiger partial charge >= 0.3 is 0 Å². The summed E-state index contributed by atoms with van der Waals surface area (Å²) >= 11 is 0. The zero-order chi connectivity index (χ0) is 10.5. The Morgan fingerprint density at radius 2 is 2.00 bits per heavy atom. The van der Waals surface area contributed by atoms with E-state index in [9.17, 15) is 0 Å². The number of hydrogen-bond acceptors (Lipinski definition) is 2. The van der Waals surface area contributed by atoms with Gasteiger partial charge in [0.1, 0.15) is 0 Å². The first-order chi connectivity index (χ1) is 7.38. The molecule has 0 radical (unpaired) electrons. The van der Waals surface area contributed by atoms with Gasteiger partial charge in [0.25, 0.3) is 0 Å². The molecule has 1 aliphatic heterocycles. The average molecular weight is 202 g/mol. The summed E-state index contributed by atoms with van der Waals surface area (Å²) in [6, 6.07) is 4.19. The fourth-order valence-electron chi connectivity index (χ4n) is 2.09. The van der Waals surface area contributed by atoms with Crippen molar-refractivity contribution in [2.45, 2.75) is 19.4 Å². The van der Waals surface area contributed by atoms with Crippen molar-refractivity contribution in [2.75, 3.05) is 13.1 Å². The van der Waals surface area contributed by atoms with Crippen molar-refractivity contribution >= 4 is 0 Å². The van der Waals surface area contributed by atoms with E-state index in [0.717, 1.165) is 12.5 Å². The summed E-state index contributed by atoms with van der Waals surface area (Å²) in [7, 11) is 0. The van der Waals surface area contributed by atoms with Crippen LogP contribution in [-0.2, 0) is 6.54 Å². The van der Waals surface area contributed by atoms with Crippen LogP contribution >= 0.6 is 0 Å². The quantitative estimate of drug-likeness (QED) is 0.700. The van der Waals surface area contributed by atoms with Crippen LogP contribution in [0.1, 0.15) is 18.4 Å². The summed E-state index contributed by atoms with van der Waals surface area (Å²) in [6.45, 7) is 7.32. The minimum Gasteiger partial charge on any atom is -0.299 e. The van der Waals surface area contributed by atoms with Gasteiger partial charge in [0.15, 0.2) is 0 Å². The number of allylic oxidation sites excluding steroid dienone is 1. The molecule has 2 heteroatoms. The first kappa shape index (κ1) is 10.4. The van der Waals surface area contributed by atoms with Crippen LogP contribution in [0, 0.1) is 5.92 Å². The molecule has 1 fully saturated rings. The third-order valence-corrected chi connectivity index (χ3v) is 3.12. The van der Waals surface area contributed by atoms with Gasteiger partial charge in [-0.3, -0.25) is 9.88 Å². The van der Waals surface area contributed by atoms with Gasteiger partial charge in [-0.1, -0.05) is 6.08 Å². The van der Waals surface area contributed by atoms with Gasteiger partial charge in [-0.05, 0) is 49.5 Å². The minimum absolute atomic E-state index is 0.735. The molecule has 0 aromatic carbocycles. The molecule has 0 bridgehead atoms. The van der Waals surface area contributed by atoms with Gasteiger partial charge < -0.3 is 0 Å². The molecule has 0 amide bonds. The Hall–Kier alpha value is -1.15. The molecule has 0 saturated carbocycles. The Morgan fingerprint density at radius 3 is 2.60 bits per heavy atom. The van der Waals surface area contributed by atoms with Crippen LogP contribution in [0.25, 0.3) is 0 Å². The highest BCUT2D eigenvalue weighted by molar-refractivity contribution is 5.09. The molecule has 2 rings (SSSR count). The first-order valence-electron chi connectivity index (χ1n) is 5.62. The number of nitrogens with zero attached hydrogens (tertiary/aromatic N) is 2. The summed E-state index contributed by atoms with van der Waals surface area (Å²) in [6.07, 6.45) is 8.35. The van der Waals surface area contributed by atoms with E-state index in [-0.39, 0.29) is 0 Å². The molecular weight excluding hydrogens is 184 g/mol. The fraction of sp³-hybridized carbons (Fsp3) is 0.462. The predicted octanol–water partition coefficient (Wildman–Crippen LogP) is 2.48. The number of pyridine rings is 1. The maximum Gasteiger partial charge on any atom is 0.0271 e. The Morgan fingerprint density at radius 1 is 1.33 bits per heavy atom. The van der Waals surface area contributed by atoms with E-state index in [2.05, 4.69) is 34.7 Å². The lowest BCUT2D eigenvalue weighted by molar-refractivity contribution is 0.196. The SMILES string of the molecule is C=CC1CCN(Cc2ccncc2)CC1. The monoisotopic (exact) mass is 202 g/mol. The van der Waals surface area contributed by atoms with E-state index in [1.165, 1.54) is 31.5 Å². The Bertz CT molecular complexity index is 300. The Labute approximate surface area is 91.6 Å². The summed E-state index contributed by atoms with van der Waals surface area (Å²) < 4.78 is 0. The smallest absolute Gasteiger partial charge is 0.0271 e. The lowest BCUT2D eigenvalue weighted by atomic mass is 9.97. The van der Waals surface area contributed by atoms with Crippen LogP contribution in [0.4, 0.5) is 0 Å². The Balaban J connectivity index is 1.85. The van der Waals surface area contributed by atoms with Crippen LogP contribution in [0.2, 0.25) is 0 Å². The van der Waals surface area contributed by atoms with Gasteiger partial charge in [-0.15, -0.1) is 6.58 Å². The number of piperidine rings is 1. The van der Waals surface area contributed by atoms with Crippen LogP contribution in [0.3, 0.4) is 0 Å². The van der Waals surface area contributed by atoms with Crippen molar-refractivity contribution in [2.24, 2.45) is 5.92 Å². The highest BCUT2D eigenvalue weighted by atomic mass is 15.1. The fourth-order valence-corrected chi connectivity index (χ4v) is 2.09. The summed E-state index contributed by atoms with van der Waals surface area (Å²) in [5, 5.41) is 0. The highest BCUT2D eigenvalue weighted by Gasteiger charge is 2.16. The van der Waals surface area contributed by atoms with Crippen molar-refractivity contribution < 1.29 is 0 Å². The first-order valence-corrected chi connectivity index (χ1v) is 5.62. The molecular formula is C13H18N2. The molecule has 2 nitrogen and oxygen atoms in total. The number of aromatic nitrogens is 1. The molecule has 1 aromatic rings. The maximum absolute atomic E-state index is 4.03. The van der Waals surface area contributed by atoms with Crippen LogP contribution in [-0.4, -0.2) is 23.0 Å². The lowest BCUT2D eigenvalue weighted by Crippen LogP contribution is -2.32. The zero-order valence-electron chi connectivity index (χ0n) is 9.10. The molecule has 15 heavy (non-hydrogen) atoms. The van der Waals surface area contributed by atoms with Crippen molar-refractivity contribution in [3.8, 4) is 0 Å². The van der Waals surface area contributed by atoms with Crippen molar-refractivity contribution in [1.82, 2.24) is 9.88 Å². The van der Waals surface area contributed by atoms with E-state index < -0.39 is 0 Å². The molecule has 0 N–H and O–H groups in total. The minimum atomic E-state index is 0.735. The van der Waals surface area contributed by atoms with E-state index in [4.69, 9.17) is 0 Å². The number of hydrogen-bond donors (Lipinski definition) is 0. The molecule has 80 valence electrons.